The Kier molecular flexibility index (Phi) is 8.46. The number of anilines is 1. The minimum atomic E-state index is -0.367. The number of methoxy groups -OCH3 is 1. The number of nitrogens with zero attached hydrogens (tertiary/aromatic N) is 1. The zero-order chi connectivity index (χ0) is 23.8. The van der Waals surface area contributed by atoms with Crippen molar-refractivity contribution in [1.82, 2.24) is 5.43 Å². The van der Waals surface area contributed by atoms with Crippen molar-refractivity contribution >= 4 is 51.2 Å². The van der Waals surface area contributed by atoms with Crippen LogP contribution in [0.25, 0.3) is 0 Å². The van der Waals surface area contributed by atoms with E-state index in [1.165, 1.54) is 13.3 Å². The smallest absolute Gasteiger partial charge is 0.271 e. The summed E-state index contributed by atoms with van der Waals surface area (Å²) >= 11 is 9.26. The van der Waals surface area contributed by atoms with Crippen LogP contribution in [0.3, 0.4) is 0 Å². The van der Waals surface area contributed by atoms with Crippen molar-refractivity contribution in [2.75, 3.05) is 19.0 Å². The molecule has 0 aliphatic heterocycles. The molecule has 3 aromatic carbocycles. The first-order valence-electron chi connectivity index (χ1n) is 9.82. The van der Waals surface area contributed by atoms with Gasteiger partial charge in [0.1, 0.15) is 0 Å². The Labute approximate surface area is 204 Å². The zero-order valence-corrected chi connectivity index (χ0v) is 20.2. The molecular weight excluding hydrogens is 510 g/mol. The van der Waals surface area contributed by atoms with Gasteiger partial charge < -0.3 is 14.8 Å². The third-order valence-electron chi connectivity index (χ3n) is 4.50. The van der Waals surface area contributed by atoms with Crippen LogP contribution in [0.5, 0.6) is 11.5 Å². The molecule has 0 aliphatic carbocycles. The fourth-order valence-electron chi connectivity index (χ4n) is 2.82. The number of halogens is 2. The molecule has 170 valence electrons. The molecule has 2 N–H and O–H groups in total. The number of hydrazone groups is 1. The van der Waals surface area contributed by atoms with Crippen LogP contribution < -0.4 is 20.2 Å². The van der Waals surface area contributed by atoms with Crippen LogP contribution in [-0.4, -0.2) is 31.7 Å². The van der Waals surface area contributed by atoms with Gasteiger partial charge in [0.25, 0.3) is 11.8 Å². The van der Waals surface area contributed by atoms with Crippen LogP contribution >= 0.6 is 27.5 Å². The van der Waals surface area contributed by atoms with E-state index in [1.54, 1.807) is 36.4 Å². The standard InChI is InChI=1S/C24H21BrClN3O4/c1-15-5-3-4-6-20(15)28-22(30)14-33-23-19(25)11-16(12-21(23)32-2)13-27-29-24(31)17-7-9-18(26)10-8-17/h3-13H,14H2,1-2H3,(H,28,30)(H,29,31)/b27-13+. The van der Waals surface area contributed by atoms with Gasteiger partial charge in [-0.25, -0.2) is 5.43 Å². The zero-order valence-electron chi connectivity index (χ0n) is 17.9. The predicted molar refractivity (Wildman–Crippen MR) is 133 cm³/mol. The number of amides is 2. The molecule has 0 saturated carbocycles. The highest BCUT2D eigenvalue weighted by molar-refractivity contribution is 9.10. The number of carbonyl (C=O) groups is 2. The van der Waals surface area contributed by atoms with Crippen molar-refractivity contribution < 1.29 is 19.1 Å². The van der Waals surface area contributed by atoms with Crippen molar-refractivity contribution in [2.45, 2.75) is 6.92 Å². The van der Waals surface area contributed by atoms with Crippen LogP contribution in [0.4, 0.5) is 5.69 Å². The number of carbonyl (C=O) groups excluding carboxylic acids is 2. The van der Waals surface area contributed by atoms with Crippen molar-refractivity contribution in [1.29, 1.82) is 0 Å². The number of benzene rings is 3. The summed E-state index contributed by atoms with van der Waals surface area (Å²) in [6.07, 6.45) is 1.47. The number of para-hydroxylation sites is 1. The number of hydrogen-bond donors (Lipinski definition) is 2. The van der Waals surface area contributed by atoms with Crippen molar-refractivity contribution in [3.63, 3.8) is 0 Å². The van der Waals surface area contributed by atoms with E-state index in [2.05, 4.69) is 31.8 Å². The molecule has 0 atom stereocenters. The molecule has 0 fully saturated rings. The number of rotatable bonds is 8. The lowest BCUT2D eigenvalue weighted by Crippen LogP contribution is -2.21. The molecule has 3 rings (SSSR count). The summed E-state index contributed by atoms with van der Waals surface area (Å²) in [7, 11) is 1.49. The first kappa shape index (κ1) is 24.3. The van der Waals surface area contributed by atoms with Gasteiger partial charge in [0, 0.05) is 16.3 Å². The van der Waals surface area contributed by atoms with Crippen LogP contribution in [0.15, 0.2) is 70.2 Å². The first-order chi connectivity index (χ1) is 15.9. The lowest BCUT2D eigenvalue weighted by molar-refractivity contribution is -0.118. The van der Waals surface area contributed by atoms with Gasteiger partial charge in [-0.15, -0.1) is 0 Å². The summed E-state index contributed by atoms with van der Waals surface area (Å²) < 4.78 is 11.7. The minimum absolute atomic E-state index is 0.201. The molecule has 3 aromatic rings. The molecule has 0 radical (unpaired) electrons. The summed E-state index contributed by atoms with van der Waals surface area (Å²) in [5.74, 6) is 0.112. The number of ether oxygens (including phenoxy) is 2. The summed E-state index contributed by atoms with van der Waals surface area (Å²) in [4.78, 5) is 24.4. The molecule has 2 amide bonds. The SMILES string of the molecule is COc1cc(/C=N/NC(=O)c2ccc(Cl)cc2)cc(Br)c1OCC(=O)Nc1ccccc1C. The second-order valence-corrected chi connectivity index (χ2v) is 8.18. The van der Waals surface area contributed by atoms with E-state index in [4.69, 9.17) is 21.1 Å². The average Bonchev–Trinajstić information content (AvgIpc) is 2.80. The Morgan fingerprint density at radius 2 is 1.85 bits per heavy atom. The molecule has 0 spiro atoms. The minimum Gasteiger partial charge on any atom is -0.493 e. The molecule has 0 saturated heterocycles. The highest BCUT2D eigenvalue weighted by Gasteiger charge is 2.14. The van der Waals surface area contributed by atoms with E-state index in [-0.39, 0.29) is 18.4 Å². The lowest BCUT2D eigenvalue weighted by atomic mass is 10.2. The molecule has 0 aliphatic rings. The maximum atomic E-state index is 12.3. The summed E-state index contributed by atoms with van der Waals surface area (Å²) in [6, 6.07) is 17.4. The molecule has 0 aromatic heterocycles. The predicted octanol–water partition coefficient (Wildman–Crippen LogP) is 5.20. The van der Waals surface area contributed by atoms with Crippen molar-refractivity contribution in [3.8, 4) is 11.5 Å². The Morgan fingerprint density at radius 1 is 1.12 bits per heavy atom. The number of nitrogens with one attached hydrogen (secondary N) is 2. The fourth-order valence-corrected chi connectivity index (χ4v) is 3.52. The Bertz CT molecular complexity index is 1180. The normalized spacial score (nSPS) is 10.7. The first-order valence-corrected chi connectivity index (χ1v) is 11.0. The quantitative estimate of drug-likeness (QED) is 0.309. The highest BCUT2D eigenvalue weighted by Crippen LogP contribution is 2.36. The Hall–Kier alpha value is -3.36. The van der Waals surface area contributed by atoms with Crippen LogP contribution in [0, 0.1) is 6.92 Å². The monoisotopic (exact) mass is 529 g/mol. The van der Waals surface area contributed by atoms with E-state index in [1.807, 2.05) is 31.2 Å². The maximum Gasteiger partial charge on any atom is 0.271 e. The number of aryl methyl sites for hydroxylation is 1. The van der Waals surface area contributed by atoms with Crippen LogP contribution in [0.1, 0.15) is 21.5 Å². The van der Waals surface area contributed by atoms with Gasteiger partial charge in [-0.1, -0.05) is 29.8 Å². The van der Waals surface area contributed by atoms with E-state index in [0.29, 0.717) is 32.1 Å². The van der Waals surface area contributed by atoms with Gasteiger partial charge >= 0.3 is 0 Å². The highest BCUT2D eigenvalue weighted by atomic mass is 79.9. The molecule has 33 heavy (non-hydrogen) atoms. The van der Waals surface area contributed by atoms with Gasteiger partial charge in [-0.3, -0.25) is 9.59 Å². The summed E-state index contributed by atoms with van der Waals surface area (Å²) in [6.45, 7) is 1.71. The molecule has 7 nitrogen and oxygen atoms in total. The van der Waals surface area contributed by atoms with E-state index in [0.717, 1.165) is 11.3 Å². The third-order valence-corrected chi connectivity index (χ3v) is 5.35. The Balaban J connectivity index is 1.63. The van der Waals surface area contributed by atoms with E-state index < -0.39 is 0 Å². The van der Waals surface area contributed by atoms with Gasteiger partial charge in [-0.2, -0.15) is 5.10 Å². The van der Waals surface area contributed by atoms with Gasteiger partial charge in [0.05, 0.1) is 17.8 Å². The van der Waals surface area contributed by atoms with Crippen LogP contribution in [0.2, 0.25) is 5.02 Å². The van der Waals surface area contributed by atoms with Gasteiger partial charge in [0.15, 0.2) is 18.1 Å². The summed E-state index contributed by atoms with van der Waals surface area (Å²) in [5.41, 5.74) is 5.21. The fraction of sp³-hybridized carbons (Fsp3) is 0.125. The Morgan fingerprint density at radius 3 is 2.55 bits per heavy atom. The molecular formula is C24H21BrClN3O4. The van der Waals surface area contributed by atoms with Gasteiger partial charge in [0.2, 0.25) is 0 Å². The third kappa shape index (κ3) is 6.81. The van der Waals surface area contributed by atoms with Crippen LogP contribution in [-0.2, 0) is 4.79 Å². The largest absolute Gasteiger partial charge is 0.493 e. The summed E-state index contributed by atoms with van der Waals surface area (Å²) in [5, 5.41) is 7.34. The second kappa shape index (κ2) is 11.5. The molecule has 0 unspecified atom stereocenters. The van der Waals surface area contributed by atoms with E-state index in [9.17, 15) is 9.59 Å². The van der Waals surface area contributed by atoms with Crippen molar-refractivity contribution in [3.05, 3.63) is 86.8 Å². The topological polar surface area (TPSA) is 89.0 Å². The lowest BCUT2D eigenvalue weighted by Gasteiger charge is -2.14. The van der Waals surface area contributed by atoms with Crippen molar-refractivity contribution in [2.24, 2.45) is 5.10 Å². The maximum absolute atomic E-state index is 12.3. The average molecular weight is 531 g/mol. The number of hydrogen-bond acceptors (Lipinski definition) is 5. The molecule has 9 heteroatoms. The van der Waals surface area contributed by atoms with Gasteiger partial charge in [-0.05, 0) is 76.4 Å². The van der Waals surface area contributed by atoms with E-state index >= 15 is 0 Å². The molecule has 0 bridgehead atoms. The second-order valence-electron chi connectivity index (χ2n) is 6.89. The molecule has 0 heterocycles.